The van der Waals surface area contributed by atoms with Gasteiger partial charge in [0.15, 0.2) is 0 Å². The number of aromatic nitrogens is 3. The molecule has 1 aromatic heterocycles. The zero-order chi connectivity index (χ0) is 13.0. The molecule has 18 heavy (non-hydrogen) atoms. The van der Waals surface area contributed by atoms with Crippen LogP contribution in [0.5, 0.6) is 0 Å². The van der Waals surface area contributed by atoms with Gasteiger partial charge in [-0.2, -0.15) is 5.10 Å². The van der Waals surface area contributed by atoms with E-state index in [1.807, 2.05) is 4.68 Å². The lowest BCUT2D eigenvalue weighted by Crippen LogP contribution is -2.33. The topological polar surface area (TPSA) is 30.7 Å². The summed E-state index contributed by atoms with van der Waals surface area (Å²) in [6.45, 7) is 3.15. The predicted octanol–water partition coefficient (Wildman–Crippen LogP) is 3.71. The minimum Gasteiger partial charge on any atom is -0.253 e. The normalized spacial score (nSPS) is 30.3. The average Bonchev–Trinajstić information content (AvgIpc) is 2.81. The molecule has 4 unspecified atom stereocenters. The second-order valence-electron chi connectivity index (χ2n) is 5.26. The smallest absolute Gasteiger partial charge is 0.137 e. The number of halogens is 2. The van der Waals surface area contributed by atoms with Crippen molar-refractivity contribution in [3.8, 4) is 0 Å². The van der Waals surface area contributed by atoms with Crippen LogP contribution < -0.4 is 0 Å². The molecule has 1 aliphatic carbocycles. The quantitative estimate of drug-likeness (QED) is 0.774. The maximum atomic E-state index is 6.52. The van der Waals surface area contributed by atoms with Gasteiger partial charge in [0.25, 0.3) is 0 Å². The zero-order valence-corrected chi connectivity index (χ0v) is 12.3. The van der Waals surface area contributed by atoms with Crippen LogP contribution in [0.15, 0.2) is 12.7 Å². The second kappa shape index (κ2) is 6.76. The van der Waals surface area contributed by atoms with Crippen LogP contribution in [0.3, 0.4) is 0 Å². The molecule has 0 amide bonds. The molecule has 0 aromatic carbocycles. The van der Waals surface area contributed by atoms with Gasteiger partial charge in [0.05, 0.1) is 0 Å². The first-order valence-corrected chi connectivity index (χ1v) is 7.68. The van der Waals surface area contributed by atoms with Gasteiger partial charge in [-0.15, -0.1) is 23.2 Å². The lowest BCUT2D eigenvalue weighted by Gasteiger charge is -2.35. The van der Waals surface area contributed by atoms with Gasteiger partial charge in [0.1, 0.15) is 12.7 Å². The van der Waals surface area contributed by atoms with Crippen LogP contribution in [0, 0.1) is 11.8 Å². The van der Waals surface area contributed by atoms with Crippen LogP contribution in [0.4, 0.5) is 0 Å². The van der Waals surface area contributed by atoms with Gasteiger partial charge in [-0.25, -0.2) is 4.98 Å². The molecule has 1 fully saturated rings. The van der Waals surface area contributed by atoms with Crippen molar-refractivity contribution in [2.45, 2.75) is 56.3 Å². The van der Waals surface area contributed by atoms with Crippen molar-refractivity contribution in [2.24, 2.45) is 11.8 Å². The molecule has 0 saturated heterocycles. The maximum Gasteiger partial charge on any atom is 0.137 e. The molecular formula is C13H21Cl2N3. The summed E-state index contributed by atoms with van der Waals surface area (Å²) in [5, 5.41) is 4.68. The average molecular weight is 290 g/mol. The molecule has 2 rings (SSSR count). The van der Waals surface area contributed by atoms with Gasteiger partial charge in [-0.05, 0) is 37.5 Å². The molecule has 1 saturated carbocycles. The van der Waals surface area contributed by atoms with E-state index < -0.39 is 0 Å². The third-order valence-corrected chi connectivity index (χ3v) is 4.81. The van der Waals surface area contributed by atoms with E-state index in [9.17, 15) is 0 Å². The molecule has 4 atom stereocenters. The molecule has 3 nitrogen and oxygen atoms in total. The van der Waals surface area contributed by atoms with Crippen molar-refractivity contribution >= 4 is 23.2 Å². The minimum atomic E-state index is 0.210. The van der Waals surface area contributed by atoms with Crippen molar-refractivity contribution in [1.82, 2.24) is 14.8 Å². The first-order valence-electron chi connectivity index (χ1n) is 6.81. The molecule has 0 aliphatic heterocycles. The van der Waals surface area contributed by atoms with E-state index in [-0.39, 0.29) is 10.8 Å². The maximum absolute atomic E-state index is 6.52. The van der Waals surface area contributed by atoms with Crippen LogP contribution in [0.2, 0.25) is 0 Å². The van der Waals surface area contributed by atoms with Gasteiger partial charge >= 0.3 is 0 Å². The van der Waals surface area contributed by atoms with Gasteiger partial charge in [-0.3, -0.25) is 4.68 Å². The third kappa shape index (κ3) is 3.61. The standard InChI is InChI=1S/C13H21Cl2N3/c1-2-3-10(7-18-9-16-8-17-18)12-5-4-11(14)6-13(12)15/h8-13H,2-7H2,1H3. The number of hydrogen-bond acceptors (Lipinski definition) is 2. The molecule has 0 N–H and O–H groups in total. The van der Waals surface area contributed by atoms with Crippen LogP contribution >= 0.6 is 23.2 Å². The van der Waals surface area contributed by atoms with Crippen LogP contribution in [0.25, 0.3) is 0 Å². The molecule has 1 aromatic rings. The first-order chi connectivity index (χ1) is 8.70. The summed E-state index contributed by atoms with van der Waals surface area (Å²) >= 11 is 12.7. The number of rotatable bonds is 5. The second-order valence-corrected chi connectivity index (χ2v) is 6.43. The summed E-state index contributed by atoms with van der Waals surface area (Å²) < 4.78 is 1.93. The Labute approximate surface area is 119 Å². The fraction of sp³-hybridized carbons (Fsp3) is 0.846. The first kappa shape index (κ1) is 14.1. The van der Waals surface area contributed by atoms with E-state index in [4.69, 9.17) is 23.2 Å². The lowest BCUT2D eigenvalue weighted by molar-refractivity contribution is 0.212. The molecule has 1 aliphatic rings. The largest absolute Gasteiger partial charge is 0.253 e. The molecule has 102 valence electrons. The van der Waals surface area contributed by atoms with Crippen LogP contribution in [-0.4, -0.2) is 25.5 Å². The highest BCUT2D eigenvalue weighted by Crippen LogP contribution is 2.38. The Hall–Kier alpha value is -0.280. The highest BCUT2D eigenvalue weighted by Gasteiger charge is 2.33. The van der Waals surface area contributed by atoms with Gasteiger partial charge in [0.2, 0.25) is 0 Å². The Balaban J connectivity index is 2.00. The SMILES string of the molecule is CCCC(Cn1cncn1)C1CCC(Cl)CC1Cl. The summed E-state index contributed by atoms with van der Waals surface area (Å²) in [6.07, 6.45) is 8.93. The molecule has 0 radical (unpaired) electrons. The number of alkyl halides is 2. The van der Waals surface area contributed by atoms with E-state index >= 15 is 0 Å². The summed E-state index contributed by atoms with van der Waals surface area (Å²) in [7, 11) is 0. The Kier molecular flexibility index (Phi) is 5.31. The Bertz CT molecular complexity index is 342. The molecule has 1 heterocycles. The van der Waals surface area contributed by atoms with Gasteiger partial charge in [-0.1, -0.05) is 13.3 Å². The third-order valence-electron chi connectivity index (χ3n) is 3.91. The summed E-state index contributed by atoms with van der Waals surface area (Å²) in [4.78, 5) is 4.01. The van der Waals surface area contributed by atoms with E-state index in [0.717, 1.165) is 25.8 Å². The van der Waals surface area contributed by atoms with Crippen molar-refractivity contribution in [1.29, 1.82) is 0 Å². The fourth-order valence-electron chi connectivity index (χ4n) is 3.00. The highest BCUT2D eigenvalue weighted by atomic mass is 35.5. The summed E-state index contributed by atoms with van der Waals surface area (Å²) in [5.74, 6) is 1.15. The van der Waals surface area contributed by atoms with Crippen molar-refractivity contribution in [3.63, 3.8) is 0 Å². The highest BCUT2D eigenvalue weighted by molar-refractivity contribution is 6.23. The Morgan fingerprint density at radius 2 is 2.22 bits per heavy atom. The molecule has 0 spiro atoms. The summed E-state index contributed by atoms with van der Waals surface area (Å²) in [6, 6.07) is 0. The van der Waals surface area contributed by atoms with E-state index in [0.29, 0.717) is 11.8 Å². The van der Waals surface area contributed by atoms with Gasteiger partial charge in [0, 0.05) is 17.3 Å². The van der Waals surface area contributed by atoms with Crippen molar-refractivity contribution < 1.29 is 0 Å². The number of hydrogen-bond donors (Lipinski definition) is 0. The lowest BCUT2D eigenvalue weighted by atomic mass is 9.77. The van der Waals surface area contributed by atoms with Crippen LogP contribution in [-0.2, 0) is 6.54 Å². The van der Waals surface area contributed by atoms with Crippen molar-refractivity contribution in [3.05, 3.63) is 12.7 Å². The predicted molar refractivity (Wildman–Crippen MR) is 75.0 cm³/mol. The van der Waals surface area contributed by atoms with Crippen LogP contribution in [0.1, 0.15) is 39.0 Å². The monoisotopic (exact) mass is 289 g/mol. The van der Waals surface area contributed by atoms with E-state index in [1.165, 1.54) is 12.8 Å². The van der Waals surface area contributed by atoms with Crippen molar-refractivity contribution in [2.75, 3.05) is 0 Å². The van der Waals surface area contributed by atoms with Gasteiger partial charge < -0.3 is 0 Å². The van der Waals surface area contributed by atoms with E-state index in [1.54, 1.807) is 12.7 Å². The molecular weight excluding hydrogens is 269 g/mol. The number of nitrogens with zero attached hydrogens (tertiary/aromatic N) is 3. The summed E-state index contributed by atoms with van der Waals surface area (Å²) in [5.41, 5.74) is 0. The minimum absolute atomic E-state index is 0.210. The Morgan fingerprint density at radius 1 is 1.39 bits per heavy atom. The Morgan fingerprint density at radius 3 is 2.83 bits per heavy atom. The fourth-order valence-corrected chi connectivity index (χ4v) is 3.96. The molecule has 5 heteroatoms. The zero-order valence-electron chi connectivity index (χ0n) is 10.8. The van der Waals surface area contributed by atoms with E-state index in [2.05, 4.69) is 17.0 Å². The molecule has 0 bridgehead atoms.